The van der Waals surface area contributed by atoms with Crippen LogP contribution >= 0.6 is 0 Å². The topological polar surface area (TPSA) is 71.4 Å². The zero-order valence-electron chi connectivity index (χ0n) is 9.94. The Balaban J connectivity index is 3.55. The molecule has 0 aliphatic carbocycles. The second-order valence-electron chi connectivity index (χ2n) is 4.06. The van der Waals surface area contributed by atoms with E-state index >= 15 is 0 Å². The molecule has 0 fully saturated rings. The van der Waals surface area contributed by atoms with Crippen LogP contribution in [0.25, 0.3) is 0 Å². The molecule has 0 bridgehead atoms. The van der Waals surface area contributed by atoms with Crippen molar-refractivity contribution in [1.29, 1.82) is 0 Å². The highest BCUT2D eigenvalue weighted by molar-refractivity contribution is 7.91. The summed E-state index contributed by atoms with van der Waals surface area (Å²) in [4.78, 5) is 10.2. The van der Waals surface area contributed by atoms with E-state index in [1.54, 1.807) is 0 Å². The number of carboxylic acids is 1. The third-order valence-corrected chi connectivity index (χ3v) is 4.17. The molecule has 0 rings (SSSR count). The molecule has 96 valence electrons. The van der Waals surface area contributed by atoms with Crippen LogP contribution < -0.4 is 0 Å². The number of rotatable bonds is 10. The predicted octanol–water partition coefficient (Wildman–Crippen LogP) is 2.24. The van der Waals surface area contributed by atoms with Crippen molar-refractivity contribution in [3.63, 3.8) is 0 Å². The van der Waals surface area contributed by atoms with Crippen molar-refractivity contribution in [2.75, 3.05) is 11.5 Å². The first kappa shape index (κ1) is 15.4. The fourth-order valence-corrected chi connectivity index (χ4v) is 2.78. The molecule has 0 heterocycles. The van der Waals surface area contributed by atoms with E-state index < -0.39 is 15.8 Å². The predicted molar refractivity (Wildman–Crippen MR) is 64.3 cm³/mol. The van der Waals surface area contributed by atoms with E-state index in [-0.39, 0.29) is 17.9 Å². The van der Waals surface area contributed by atoms with Crippen LogP contribution in [-0.2, 0) is 14.6 Å². The fourth-order valence-electron chi connectivity index (χ4n) is 1.45. The third kappa shape index (κ3) is 9.96. The van der Waals surface area contributed by atoms with Gasteiger partial charge in [-0.05, 0) is 6.42 Å². The van der Waals surface area contributed by atoms with Crippen molar-refractivity contribution in [3.05, 3.63) is 0 Å². The molecule has 0 saturated heterocycles. The molecule has 0 aliphatic heterocycles. The lowest BCUT2D eigenvalue weighted by Gasteiger charge is -2.02. The van der Waals surface area contributed by atoms with Gasteiger partial charge in [-0.15, -0.1) is 0 Å². The molecule has 0 aliphatic rings. The molecule has 0 amide bonds. The van der Waals surface area contributed by atoms with Gasteiger partial charge in [0.15, 0.2) is 9.84 Å². The van der Waals surface area contributed by atoms with Gasteiger partial charge in [-0.2, -0.15) is 0 Å². The Bertz CT molecular complexity index is 282. The lowest BCUT2D eigenvalue weighted by molar-refractivity contribution is -0.136. The van der Waals surface area contributed by atoms with Crippen LogP contribution in [0.2, 0.25) is 0 Å². The highest BCUT2D eigenvalue weighted by Gasteiger charge is 2.12. The van der Waals surface area contributed by atoms with Gasteiger partial charge in [0.1, 0.15) is 0 Å². The van der Waals surface area contributed by atoms with Gasteiger partial charge in [0.2, 0.25) is 0 Å². The van der Waals surface area contributed by atoms with Gasteiger partial charge >= 0.3 is 5.97 Å². The molecule has 0 radical (unpaired) electrons. The van der Waals surface area contributed by atoms with Crippen LogP contribution in [0.3, 0.4) is 0 Å². The van der Waals surface area contributed by atoms with Crippen molar-refractivity contribution in [1.82, 2.24) is 0 Å². The Labute approximate surface area is 98.0 Å². The molecule has 0 aromatic heterocycles. The fraction of sp³-hybridized carbons (Fsp3) is 0.909. The summed E-state index contributed by atoms with van der Waals surface area (Å²) in [5.74, 6) is -1.14. The molecule has 0 unspecified atom stereocenters. The lowest BCUT2D eigenvalue weighted by atomic mass is 10.1. The van der Waals surface area contributed by atoms with E-state index in [4.69, 9.17) is 5.11 Å². The maximum Gasteiger partial charge on any atom is 0.304 e. The third-order valence-electron chi connectivity index (χ3n) is 2.44. The van der Waals surface area contributed by atoms with Gasteiger partial charge < -0.3 is 5.11 Å². The van der Waals surface area contributed by atoms with Crippen molar-refractivity contribution in [2.45, 2.75) is 51.9 Å². The Hall–Kier alpha value is -0.580. The average Bonchev–Trinajstić information content (AvgIpc) is 2.21. The number of sulfone groups is 1. The molecule has 5 heteroatoms. The Morgan fingerprint density at radius 1 is 1.00 bits per heavy atom. The molecule has 4 nitrogen and oxygen atoms in total. The zero-order valence-corrected chi connectivity index (χ0v) is 10.8. The van der Waals surface area contributed by atoms with Crippen LogP contribution in [0.15, 0.2) is 0 Å². The zero-order chi connectivity index (χ0) is 12.4. The maximum absolute atomic E-state index is 11.4. The Kier molecular flexibility index (Phi) is 8.25. The van der Waals surface area contributed by atoms with Crippen molar-refractivity contribution >= 4 is 15.8 Å². The Morgan fingerprint density at radius 3 is 2.12 bits per heavy atom. The Morgan fingerprint density at radius 2 is 1.56 bits per heavy atom. The molecule has 16 heavy (non-hydrogen) atoms. The van der Waals surface area contributed by atoms with Crippen molar-refractivity contribution in [2.24, 2.45) is 0 Å². The van der Waals surface area contributed by atoms with Crippen molar-refractivity contribution < 1.29 is 18.3 Å². The summed E-state index contributed by atoms with van der Waals surface area (Å²) in [5, 5.41) is 8.38. The largest absolute Gasteiger partial charge is 0.481 e. The highest BCUT2D eigenvalue weighted by Crippen LogP contribution is 2.07. The summed E-state index contributed by atoms with van der Waals surface area (Å²) in [6.07, 6.45) is 5.91. The minimum atomic E-state index is -3.15. The van der Waals surface area contributed by atoms with Crippen molar-refractivity contribution in [3.8, 4) is 0 Å². The number of hydrogen-bond acceptors (Lipinski definition) is 3. The second kappa shape index (κ2) is 8.56. The highest BCUT2D eigenvalue weighted by atomic mass is 32.2. The summed E-state index contributed by atoms with van der Waals surface area (Å²) in [5.41, 5.74) is 0. The van der Waals surface area contributed by atoms with Gasteiger partial charge in [-0.25, -0.2) is 8.42 Å². The smallest absolute Gasteiger partial charge is 0.304 e. The van der Waals surface area contributed by atoms with Crippen LogP contribution in [0, 0.1) is 0 Å². The monoisotopic (exact) mass is 250 g/mol. The average molecular weight is 250 g/mol. The van der Waals surface area contributed by atoms with E-state index in [1.807, 2.05) is 0 Å². The molecule has 0 saturated carbocycles. The molecule has 0 atom stereocenters. The lowest BCUT2D eigenvalue weighted by Crippen LogP contribution is -2.14. The van der Waals surface area contributed by atoms with E-state index in [1.165, 1.54) is 12.8 Å². The first-order valence-electron chi connectivity index (χ1n) is 5.90. The number of carbonyl (C=O) groups is 1. The van der Waals surface area contributed by atoms with Crippen LogP contribution in [-0.4, -0.2) is 31.0 Å². The summed E-state index contributed by atoms with van der Waals surface area (Å²) >= 11 is 0. The second-order valence-corrected chi connectivity index (χ2v) is 6.37. The number of aliphatic carboxylic acids is 1. The molecule has 0 aromatic carbocycles. The van der Waals surface area contributed by atoms with E-state index in [2.05, 4.69) is 6.92 Å². The van der Waals surface area contributed by atoms with Crippen LogP contribution in [0.4, 0.5) is 0 Å². The maximum atomic E-state index is 11.4. The standard InChI is InChI=1S/C11H22O4S/c1-2-3-4-5-6-7-9-16(14,15)10-8-11(12)13/h2-10H2,1H3,(H,12,13). The minimum absolute atomic E-state index is 0.131. The summed E-state index contributed by atoms with van der Waals surface area (Å²) in [7, 11) is -3.15. The van der Waals surface area contributed by atoms with E-state index in [0.717, 1.165) is 19.3 Å². The number of hydrogen-bond donors (Lipinski definition) is 1. The molecule has 0 aromatic rings. The number of carboxylic acid groups (broad SMARTS) is 1. The van der Waals surface area contributed by atoms with Crippen LogP contribution in [0.1, 0.15) is 51.9 Å². The quantitative estimate of drug-likeness (QED) is 0.603. The summed E-state index contributed by atoms with van der Waals surface area (Å²) in [6, 6.07) is 0. The summed E-state index contributed by atoms with van der Waals surface area (Å²) < 4.78 is 22.7. The number of unbranched alkanes of at least 4 members (excludes halogenated alkanes) is 5. The van der Waals surface area contributed by atoms with E-state index in [9.17, 15) is 13.2 Å². The molecular formula is C11H22O4S. The van der Waals surface area contributed by atoms with Gasteiger partial charge in [-0.1, -0.05) is 39.0 Å². The van der Waals surface area contributed by atoms with Gasteiger partial charge in [0.05, 0.1) is 17.9 Å². The first-order chi connectivity index (χ1) is 7.48. The van der Waals surface area contributed by atoms with E-state index in [0.29, 0.717) is 6.42 Å². The van der Waals surface area contributed by atoms with Gasteiger partial charge in [0, 0.05) is 0 Å². The molecule has 1 N–H and O–H groups in total. The van der Waals surface area contributed by atoms with Gasteiger partial charge in [-0.3, -0.25) is 4.79 Å². The molecule has 0 spiro atoms. The van der Waals surface area contributed by atoms with Gasteiger partial charge in [0.25, 0.3) is 0 Å². The molecular weight excluding hydrogens is 228 g/mol. The summed E-state index contributed by atoms with van der Waals surface area (Å²) in [6.45, 7) is 2.14. The first-order valence-corrected chi connectivity index (χ1v) is 7.72. The normalized spacial score (nSPS) is 11.6. The van der Waals surface area contributed by atoms with Crippen LogP contribution in [0.5, 0.6) is 0 Å². The minimum Gasteiger partial charge on any atom is -0.481 e. The SMILES string of the molecule is CCCCCCCCS(=O)(=O)CCC(=O)O.